The molecule has 2 amide bonds. The molecule has 6 heteroatoms. The second-order valence-electron chi connectivity index (χ2n) is 7.75. The highest BCUT2D eigenvalue weighted by Gasteiger charge is 2.22. The molecule has 0 radical (unpaired) electrons. The molecule has 0 atom stereocenters. The zero-order chi connectivity index (χ0) is 19.4. The van der Waals surface area contributed by atoms with Crippen molar-refractivity contribution in [3.8, 4) is 0 Å². The first-order chi connectivity index (χ1) is 12.0. The summed E-state index contributed by atoms with van der Waals surface area (Å²) in [6, 6.07) is 9.51. The Morgan fingerprint density at radius 3 is 2.50 bits per heavy atom. The molecule has 0 saturated heterocycles. The number of hydrogen-bond acceptors (Lipinski definition) is 4. The fraction of sp³-hybridized carbons (Fsp3) is 0.400. The third-order valence-corrected chi connectivity index (χ3v) is 3.38. The van der Waals surface area contributed by atoms with E-state index in [-0.39, 0.29) is 12.5 Å². The van der Waals surface area contributed by atoms with Crippen molar-refractivity contribution < 1.29 is 18.7 Å². The number of benzene rings is 1. The highest BCUT2D eigenvalue weighted by atomic mass is 16.6. The van der Waals surface area contributed by atoms with Crippen molar-refractivity contribution in [2.45, 2.75) is 45.8 Å². The average molecular weight is 358 g/mol. The van der Waals surface area contributed by atoms with Gasteiger partial charge in [0.05, 0.1) is 5.54 Å². The van der Waals surface area contributed by atoms with Gasteiger partial charge in [-0.2, -0.15) is 0 Å². The lowest BCUT2D eigenvalue weighted by Gasteiger charge is -2.27. The van der Waals surface area contributed by atoms with Crippen LogP contribution >= 0.6 is 0 Å². The van der Waals surface area contributed by atoms with Gasteiger partial charge >= 0.3 is 6.09 Å². The molecule has 1 aromatic carbocycles. The number of amides is 2. The summed E-state index contributed by atoms with van der Waals surface area (Å²) in [5.41, 5.74) is -0.423. The van der Waals surface area contributed by atoms with Crippen LogP contribution in [0.5, 0.6) is 0 Å². The quantitative estimate of drug-likeness (QED) is 0.795. The highest BCUT2D eigenvalue weighted by Crippen LogP contribution is 2.19. The van der Waals surface area contributed by atoms with Crippen molar-refractivity contribution >= 4 is 29.0 Å². The van der Waals surface area contributed by atoms with E-state index in [0.717, 1.165) is 11.0 Å². The van der Waals surface area contributed by atoms with Crippen molar-refractivity contribution in [1.29, 1.82) is 0 Å². The van der Waals surface area contributed by atoms with E-state index >= 15 is 0 Å². The Hall–Kier alpha value is -2.76. The molecule has 0 bridgehead atoms. The predicted molar refractivity (Wildman–Crippen MR) is 102 cm³/mol. The summed E-state index contributed by atoms with van der Waals surface area (Å²) in [6.45, 7) is 9.26. The third kappa shape index (κ3) is 6.27. The van der Waals surface area contributed by atoms with Gasteiger partial charge < -0.3 is 19.8 Å². The Morgan fingerprint density at radius 1 is 1.15 bits per heavy atom. The van der Waals surface area contributed by atoms with Crippen molar-refractivity contribution in [2.24, 2.45) is 0 Å². The molecule has 0 spiro atoms. The Labute approximate surface area is 153 Å². The molecular weight excluding hydrogens is 332 g/mol. The van der Waals surface area contributed by atoms with Gasteiger partial charge in [0, 0.05) is 18.0 Å². The number of rotatable bonds is 5. The topological polar surface area (TPSA) is 80.6 Å². The van der Waals surface area contributed by atoms with E-state index in [1.54, 1.807) is 26.8 Å². The van der Waals surface area contributed by atoms with E-state index in [0.29, 0.717) is 5.76 Å². The first kappa shape index (κ1) is 19.6. The fourth-order valence-corrected chi connectivity index (χ4v) is 2.27. The van der Waals surface area contributed by atoms with Gasteiger partial charge in [0.2, 0.25) is 5.91 Å². The number of furan rings is 1. The van der Waals surface area contributed by atoms with Crippen LogP contribution in [-0.2, 0) is 9.53 Å². The molecular formula is C20H26N2O4. The smallest absolute Gasteiger partial charge is 0.407 e. The molecule has 0 aliphatic heterocycles. The Bertz CT molecular complexity index is 780. The van der Waals surface area contributed by atoms with Crippen LogP contribution in [0.4, 0.5) is 4.79 Å². The minimum Gasteiger partial charge on any atom is -0.457 e. The van der Waals surface area contributed by atoms with Gasteiger partial charge in [-0.1, -0.05) is 18.2 Å². The minimum absolute atomic E-state index is 0.242. The molecule has 0 fully saturated rings. The van der Waals surface area contributed by atoms with Gasteiger partial charge in [-0.25, -0.2) is 4.79 Å². The van der Waals surface area contributed by atoms with Crippen LogP contribution in [0.3, 0.4) is 0 Å². The van der Waals surface area contributed by atoms with Crippen LogP contribution in [0.1, 0.15) is 40.4 Å². The normalized spacial score (nSPS) is 12.3. The van der Waals surface area contributed by atoms with Crippen LogP contribution in [0.15, 0.2) is 40.8 Å². The number of fused-ring (bicyclic) bond motifs is 1. The molecule has 1 heterocycles. The molecule has 140 valence electrons. The van der Waals surface area contributed by atoms with Crippen molar-refractivity contribution in [3.05, 3.63) is 42.2 Å². The van der Waals surface area contributed by atoms with E-state index < -0.39 is 17.2 Å². The molecule has 0 unspecified atom stereocenters. The van der Waals surface area contributed by atoms with Gasteiger partial charge in [-0.3, -0.25) is 4.79 Å². The number of ether oxygens (including phenoxy) is 1. The highest BCUT2D eigenvalue weighted by molar-refractivity contribution is 5.92. The van der Waals surface area contributed by atoms with E-state index in [4.69, 9.17) is 9.15 Å². The van der Waals surface area contributed by atoms with E-state index in [2.05, 4.69) is 10.6 Å². The zero-order valence-electron chi connectivity index (χ0n) is 15.9. The van der Waals surface area contributed by atoms with Crippen molar-refractivity contribution in [1.82, 2.24) is 10.6 Å². The number of carbonyl (C=O) groups is 2. The maximum absolute atomic E-state index is 12.1. The van der Waals surface area contributed by atoms with E-state index in [1.807, 2.05) is 44.2 Å². The lowest BCUT2D eigenvalue weighted by Crippen LogP contribution is -2.51. The second-order valence-corrected chi connectivity index (χ2v) is 7.75. The Kier molecular flexibility index (Phi) is 5.75. The molecule has 0 aliphatic rings. The van der Waals surface area contributed by atoms with Gasteiger partial charge in [0.15, 0.2) is 0 Å². The van der Waals surface area contributed by atoms with E-state index in [1.165, 1.54) is 6.08 Å². The average Bonchev–Trinajstić information content (AvgIpc) is 2.92. The van der Waals surface area contributed by atoms with Crippen molar-refractivity contribution in [2.75, 3.05) is 6.54 Å². The minimum atomic E-state index is -0.633. The maximum atomic E-state index is 12.1. The summed E-state index contributed by atoms with van der Waals surface area (Å²) in [7, 11) is 0. The molecule has 2 aromatic rings. The Balaban J connectivity index is 1.87. The van der Waals surface area contributed by atoms with Crippen LogP contribution in [0, 0.1) is 0 Å². The fourth-order valence-electron chi connectivity index (χ4n) is 2.27. The zero-order valence-corrected chi connectivity index (χ0v) is 15.9. The second kappa shape index (κ2) is 7.64. The van der Waals surface area contributed by atoms with E-state index in [9.17, 15) is 9.59 Å². The molecule has 2 rings (SSSR count). The standard InChI is InChI=1S/C20H26N2O4/c1-19(2,3)26-18(24)21-13-20(4,5)22-17(23)11-10-15-12-14-8-6-7-9-16(14)25-15/h6-12H,13H2,1-5H3,(H,21,24)(H,22,23)/b11-10+. The summed E-state index contributed by atoms with van der Waals surface area (Å²) < 4.78 is 10.8. The number of nitrogens with one attached hydrogen (secondary N) is 2. The van der Waals surface area contributed by atoms with Gasteiger partial charge in [-0.15, -0.1) is 0 Å². The number of para-hydroxylation sites is 1. The van der Waals surface area contributed by atoms with Crippen LogP contribution in [0.2, 0.25) is 0 Å². The molecule has 6 nitrogen and oxygen atoms in total. The van der Waals surface area contributed by atoms with Crippen molar-refractivity contribution in [3.63, 3.8) is 0 Å². The predicted octanol–water partition coefficient (Wildman–Crippen LogP) is 3.87. The van der Waals surface area contributed by atoms with Crippen LogP contribution in [0.25, 0.3) is 17.0 Å². The largest absolute Gasteiger partial charge is 0.457 e. The molecule has 26 heavy (non-hydrogen) atoms. The number of carbonyl (C=O) groups excluding carboxylic acids is 2. The summed E-state index contributed by atoms with van der Waals surface area (Å²) in [5.74, 6) is 0.326. The number of alkyl carbamates (subject to hydrolysis) is 1. The first-order valence-corrected chi connectivity index (χ1v) is 8.50. The SMILES string of the molecule is CC(C)(CNC(=O)OC(C)(C)C)NC(=O)/C=C/c1cc2ccccc2o1. The van der Waals surface area contributed by atoms with Crippen LogP contribution < -0.4 is 10.6 Å². The number of hydrogen-bond donors (Lipinski definition) is 2. The lowest BCUT2D eigenvalue weighted by molar-refractivity contribution is -0.117. The third-order valence-electron chi connectivity index (χ3n) is 3.38. The van der Waals surface area contributed by atoms with Gasteiger partial charge in [0.25, 0.3) is 0 Å². The summed E-state index contributed by atoms with van der Waals surface area (Å²) in [6.07, 6.45) is 2.51. The summed E-state index contributed by atoms with van der Waals surface area (Å²) >= 11 is 0. The molecule has 1 aromatic heterocycles. The maximum Gasteiger partial charge on any atom is 0.407 e. The first-order valence-electron chi connectivity index (χ1n) is 8.50. The summed E-state index contributed by atoms with van der Waals surface area (Å²) in [5, 5.41) is 6.48. The van der Waals surface area contributed by atoms with Gasteiger partial charge in [0.1, 0.15) is 16.9 Å². The lowest BCUT2D eigenvalue weighted by atomic mass is 10.1. The molecule has 0 saturated carbocycles. The Morgan fingerprint density at radius 2 is 1.85 bits per heavy atom. The molecule has 2 N–H and O–H groups in total. The van der Waals surface area contributed by atoms with Crippen LogP contribution in [-0.4, -0.2) is 29.7 Å². The summed E-state index contributed by atoms with van der Waals surface area (Å²) in [4.78, 5) is 23.9. The monoisotopic (exact) mass is 358 g/mol. The van der Waals surface area contributed by atoms with Gasteiger partial charge in [-0.05, 0) is 52.8 Å². The molecule has 0 aliphatic carbocycles.